The molecule has 0 amide bonds. The fourth-order valence-electron chi connectivity index (χ4n) is 2.95. The van der Waals surface area contributed by atoms with Gasteiger partial charge < -0.3 is 19.8 Å². The fraction of sp³-hybridized carbons (Fsp3) is 0.421. The zero-order valence-electron chi connectivity index (χ0n) is 15.1. The first-order valence-electron chi connectivity index (χ1n) is 8.59. The van der Waals surface area contributed by atoms with Crippen molar-refractivity contribution in [1.82, 2.24) is 4.98 Å². The van der Waals surface area contributed by atoms with Gasteiger partial charge in [0.05, 0.1) is 12.6 Å². The average molecular weight is 360 g/mol. The van der Waals surface area contributed by atoms with Gasteiger partial charge in [0.1, 0.15) is 11.6 Å². The Bertz CT molecular complexity index is 771. The summed E-state index contributed by atoms with van der Waals surface area (Å²) in [5.74, 6) is -1.66. The highest BCUT2D eigenvalue weighted by Crippen LogP contribution is 2.27. The maximum Gasteiger partial charge on any atom is 0.414 e. The van der Waals surface area contributed by atoms with E-state index in [0.717, 1.165) is 30.2 Å². The van der Waals surface area contributed by atoms with Crippen molar-refractivity contribution >= 4 is 28.7 Å². The van der Waals surface area contributed by atoms with E-state index in [4.69, 9.17) is 29.5 Å². The van der Waals surface area contributed by atoms with Gasteiger partial charge in [0.15, 0.2) is 0 Å². The van der Waals surface area contributed by atoms with E-state index in [0.29, 0.717) is 0 Å². The van der Waals surface area contributed by atoms with Crippen molar-refractivity contribution in [2.24, 2.45) is 0 Å². The lowest BCUT2D eigenvalue weighted by Crippen LogP contribution is -2.24. The molecule has 1 fully saturated rings. The zero-order valence-corrected chi connectivity index (χ0v) is 15.1. The second kappa shape index (κ2) is 9.03. The minimum atomic E-state index is -1.82. The van der Waals surface area contributed by atoms with E-state index in [1.807, 2.05) is 12.1 Å². The van der Waals surface area contributed by atoms with Crippen molar-refractivity contribution in [3.63, 3.8) is 0 Å². The molecule has 1 aliphatic rings. The molecule has 0 spiro atoms. The molecular formula is C19H24N2O5. The molecule has 7 heteroatoms. The van der Waals surface area contributed by atoms with E-state index in [9.17, 15) is 0 Å². The molecule has 2 N–H and O–H groups in total. The fourth-order valence-corrected chi connectivity index (χ4v) is 2.95. The summed E-state index contributed by atoms with van der Waals surface area (Å²) in [5, 5.41) is 16.0. The van der Waals surface area contributed by atoms with Crippen LogP contribution >= 0.6 is 0 Å². The first-order valence-corrected chi connectivity index (χ1v) is 8.59. The number of carboxylic acids is 2. The quantitative estimate of drug-likeness (QED) is 0.794. The van der Waals surface area contributed by atoms with Crippen LogP contribution in [-0.4, -0.2) is 47.3 Å². The Balaban J connectivity index is 0.000000352. The Hall–Kier alpha value is -2.83. The van der Waals surface area contributed by atoms with Crippen LogP contribution in [0.15, 0.2) is 24.3 Å². The van der Waals surface area contributed by atoms with Gasteiger partial charge in [-0.05, 0) is 43.5 Å². The standard InChI is InChI=1S/C17H22N2O.C2H2O4/c1-13-11-17(19-9-5-3-4-6-10-19)18-16-12-14(20-2)7-8-15(13)16;3-1(4)2(5)6/h7-8,11-12H,3-6,9-10H2,1-2H3;(H,3,4)(H,5,6). The van der Waals surface area contributed by atoms with Crippen LogP contribution in [0.1, 0.15) is 31.2 Å². The lowest BCUT2D eigenvalue weighted by atomic mass is 10.1. The molecule has 2 heterocycles. The number of carbonyl (C=O) groups is 2. The monoisotopic (exact) mass is 360 g/mol. The average Bonchev–Trinajstić information content (AvgIpc) is 2.91. The second-order valence-corrected chi connectivity index (χ2v) is 6.19. The predicted octanol–water partition coefficient (Wildman–Crippen LogP) is 3.09. The molecule has 0 radical (unpaired) electrons. The van der Waals surface area contributed by atoms with Crippen molar-refractivity contribution in [3.05, 3.63) is 29.8 Å². The second-order valence-electron chi connectivity index (χ2n) is 6.19. The number of benzene rings is 1. The summed E-state index contributed by atoms with van der Waals surface area (Å²) in [6, 6.07) is 8.36. The Kier molecular flexibility index (Phi) is 6.77. The lowest BCUT2D eigenvalue weighted by molar-refractivity contribution is -0.159. The smallest absolute Gasteiger partial charge is 0.414 e. The molecule has 1 aromatic heterocycles. The molecule has 7 nitrogen and oxygen atoms in total. The first-order chi connectivity index (χ1) is 12.4. The molecule has 1 saturated heterocycles. The highest BCUT2D eigenvalue weighted by atomic mass is 16.5. The largest absolute Gasteiger partial charge is 0.497 e. The van der Waals surface area contributed by atoms with Crippen LogP contribution in [0.4, 0.5) is 5.82 Å². The van der Waals surface area contributed by atoms with Gasteiger partial charge in [-0.2, -0.15) is 0 Å². The molecule has 1 aromatic carbocycles. The Labute approximate surface area is 152 Å². The molecule has 140 valence electrons. The number of hydrogen-bond donors (Lipinski definition) is 2. The highest BCUT2D eigenvalue weighted by molar-refractivity contribution is 6.27. The summed E-state index contributed by atoms with van der Waals surface area (Å²) in [5.41, 5.74) is 2.32. The normalized spacial score (nSPS) is 14.2. The third-order valence-electron chi connectivity index (χ3n) is 4.32. The summed E-state index contributed by atoms with van der Waals surface area (Å²) in [6.07, 6.45) is 5.24. The van der Waals surface area contributed by atoms with Crippen LogP contribution in [0.2, 0.25) is 0 Å². The Morgan fingerprint density at radius 2 is 1.65 bits per heavy atom. The lowest BCUT2D eigenvalue weighted by Gasteiger charge is -2.22. The van der Waals surface area contributed by atoms with E-state index in [1.54, 1.807) is 7.11 Å². The van der Waals surface area contributed by atoms with Crippen molar-refractivity contribution in [2.45, 2.75) is 32.6 Å². The van der Waals surface area contributed by atoms with Gasteiger partial charge in [0.25, 0.3) is 0 Å². The van der Waals surface area contributed by atoms with Crippen LogP contribution in [0, 0.1) is 6.92 Å². The van der Waals surface area contributed by atoms with Crippen molar-refractivity contribution in [3.8, 4) is 5.75 Å². The summed E-state index contributed by atoms with van der Waals surface area (Å²) in [4.78, 5) is 25.5. The van der Waals surface area contributed by atoms with Crippen molar-refractivity contribution in [1.29, 1.82) is 0 Å². The number of ether oxygens (including phenoxy) is 1. The Morgan fingerprint density at radius 3 is 2.19 bits per heavy atom. The molecule has 0 unspecified atom stereocenters. The third kappa shape index (κ3) is 5.08. The maximum absolute atomic E-state index is 9.10. The summed E-state index contributed by atoms with van der Waals surface area (Å²) in [7, 11) is 1.70. The van der Waals surface area contributed by atoms with Gasteiger partial charge in [-0.25, -0.2) is 14.6 Å². The van der Waals surface area contributed by atoms with Crippen LogP contribution in [0.3, 0.4) is 0 Å². The molecule has 0 aliphatic carbocycles. The number of carboxylic acid groups (broad SMARTS) is 2. The molecule has 0 atom stereocenters. The van der Waals surface area contributed by atoms with Gasteiger partial charge >= 0.3 is 11.9 Å². The van der Waals surface area contributed by atoms with Gasteiger partial charge in [-0.3, -0.25) is 0 Å². The van der Waals surface area contributed by atoms with E-state index in [-0.39, 0.29) is 0 Å². The van der Waals surface area contributed by atoms with E-state index >= 15 is 0 Å². The van der Waals surface area contributed by atoms with Crippen molar-refractivity contribution < 1.29 is 24.5 Å². The molecule has 0 bridgehead atoms. The zero-order chi connectivity index (χ0) is 19.1. The van der Waals surface area contributed by atoms with Gasteiger partial charge in [0.2, 0.25) is 0 Å². The van der Waals surface area contributed by atoms with Crippen LogP contribution in [-0.2, 0) is 9.59 Å². The van der Waals surface area contributed by atoms with E-state index in [2.05, 4.69) is 24.0 Å². The number of aromatic nitrogens is 1. The molecule has 0 saturated carbocycles. The highest BCUT2D eigenvalue weighted by Gasteiger charge is 2.13. The van der Waals surface area contributed by atoms with Crippen LogP contribution < -0.4 is 9.64 Å². The molecule has 26 heavy (non-hydrogen) atoms. The summed E-state index contributed by atoms with van der Waals surface area (Å²) in [6.45, 7) is 4.42. The topological polar surface area (TPSA) is 100.0 Å². The number of nitrogens with zero attached hydrogens (tertiary/aromatic N) is 2. The van der Waals surface area contributed by atoms with Gasteiger partial charge in [-0.15, -0.1) is 0 Å². The number of methoxy groups -OCH3 is 1. The first kappa shape index (κ1) is 19.5. The van der Waals surface area contributed by atoms with E-state index < -0.39 is 11.9 Å². The maximum atomic E-state index is 9.10. The number of anilines is 1. The van der Waals surface area contributed by atoms with Crippen molar-refractivity contribution in [2.75, 3.05) is 25.1 Å². The SMILES string of the molecule is COc1ccc2c(C)cc(N3CCCCCC3)nc2c1.O=C(O)C(=O)O. The number of pyridine rings is 1. The molecular weight excluding hydrogens is 336 g/mol. The van der Waals surface area contributed by atoms with Crippen LogP contribution in [0.5, 0.6) is 5.75 Å². The van der Waals surface area contributed by atoms with Gasteiger partial charge in [-0.1, -0.05) is 12.8 Å². The molecule has 1 aliphatic heterocycles. The predicted molar refractivity (Wildman–Crippen MR) is 99.0 cm³/mol. The van der Waals surface area contributed by atoms with Crippen LogP contribution in [0.25, 0.3) is 10.9 Å². The number of rotatable bonds is 2. The van der Waals surface area contributed by atoms with E-state index in [1.165, 1.54) is 36.6 Å². The summed E-state index contributed by atoms with van der Waals surface area (Å²) < 4.78 is 5.31. The minimum Gasteiger partial charge on any atom is -0.497 e. The minimum absolute atomic E-state index is 0.873. The molecule has 2 aromatic rings. The third-order valence-corrected chi connectivity index (χ3v) is 4.32. The summed E-state index contributed by atoms with van der Waals surface area (Å²) >= 11 is 0. The number of aliphatic carboxylic acids is 2. The number of aryl methyl sites for hydroxylation is 1. The van der Waals surface area contributed by atoms with Gasteiger partial charge in [0, 0.05) is 24.5 Å². The Morgan fingerprint density at radius 1 is 1.04 bits per heavy atom. The number of fused-ring (bicyclic) bond motifs is 1. The molecule has 3 rings (SSSR count). The number of hydrogen-bond acceptors (Lipinski definition) is 5.